The average Bonchev–Trinajstić information content (AvgIpc) is 2.48. The van der Waals surface area contributed by atoms with Crippen molar-refractivity contribution >= 4 is 33.4 Å². The molecule has 3 rings (SSSR count). The van der Waals surface area contributed by atoms with Crippen LogP contribution in [-0.2, 0) is 14.8 Å². The fourth-order valence-corrected chi connectivity index (χ4v) is 4.91. The van der Waals surface area contributed by atoms with E-state index in [2.05, 4.69) is 10.2 Å². The molecule has 0 radical (unpaired) electrons. The van der Waals surface area contributed by atoms with E-state index in [4.69, 9.17) is 0 Å². The molecule has 1 amide bonds. The van der Waals surface area contributed by atoms with Crippen molar-refractivity contribution < 1.29 is 13.2 Å². The van der Waals surface area contributed by atoms with Gasteiger partial charge in [0, 0.05) is 31.1 Å². The topological polar surface area (TPSA) is 69.7 Å². The van der Waals surface area contributed by atoms with E-state index in [-0.39, 0.29) is 16.1 Å². The largest absolute Gasteiger partial charge is 0.324 e. The quantitative estimate of drug-likeness (QED) is 0.871. The Morgan fingerprint density at radius 1 is 1.23 bits per heavy atom. The van der Waals surface area contributed by atoms with Gasteiger partial charge in [0.25, 0.3) is 0 Å². The Morgan fingerprint density at radius 2 is 1.91 bits per heavy atom. The molecule has 0 spiro atoms. The van der Waals surface area contributed by atoms with Crippen LogP contribution in [0.2, 0.25) is 0 Å². The third-order valence-corrected chi connectivity index (χ3v) is 7.05. The number of piperazine rings is 1. The molecule has 0 bridgehead atoms. The molecule has 1 atom stereocenters. The van der Waals surface area contributed by atoms with Crippen molar-refractivity contribution in [1.82, 2.24) is 9.21 Å². The Bertz CT molecular complexity index is 697. The lowest BCUT2D eigenvalue weighted by Crippen LogP contribution is -2.47. The van der Waals surface area contributed by atoms with Crippen LogP contribution in [-0.4, -0.2) is 62.0 Å². The predicted molar refractivity (Wildman–Crippen MR) is 86.6 cm³/mol. The fourth-order valence-electron chi connectivity index (χ4n) is 2.53. The van der Waals surface area contributed by atoms with Gasteiger partial charge in [0.2, 0.25) is 15.9 Å². The van der Waals surface area contributed by atoms with Crippen molar-refractivity contribution in [3.8, 4) is 0 Å². The van der Waals surface area contributed by atoms with Gasteiger partial charge in [-0.2, -0.15) is 4.31 Å². The minimum absolute atomic E-state index is 0.0911. The van der Waals surface area contributed by atoms with E-state index >= 15 is 0 Å². The number of amides is 1. The SMILES string of the molecule is C[C@@H]1Sc2ccc(S(=O)(=O)N3CCN(C)CC3)cc2NC1=O. The maximum absolute atomic E-state index is 12.7. The Balaban J connectivity index is 1.89. The predicted octanol–water partition coefficient (Wildman–Crippen LogP) is 1.06. The van der Waals surface area contributed by atoms with Gasteiger partial charge in [-0.15, -0.1) is 11.8 Å². The number of fused-ring (bicyclic) bond motifs is 1. The number of hydrogen-bond acceptors (Lipinski definition) is 5. The second kappa shape index (κ2) is 5.84. The molecule has 1 N–H and O–H groups in total. The first-order valence-electron chi connectivity index (χ1n) is 7.18. The van der Waals surface area contributed by atoms with Crippen LogP contribution in [0, 0.1) is 0 Å². The highest BCUT2D eigenvalue weighted by Crippen LogP contribution is 2.37. The summed E-state index contributed by atoms with van der Waals surface area (Å²) < 4.78 is 26.9. The first-order valence-corrected chi connectivity index (χ1v) is 9.50. The van der Waals surface area contributed by atoms with Crippen LogP contribution in [0.1, 0.15) is 6.92 Å². The molecule has 0 unspecified atom stereocenters. The molecule has 6 nitrogen and oxygen atoms in total. The van der Waals surface area contributed by atoms with E-state index in [1.54, 1.807) is 18.2 Å². The molecule has 2 aliphatic rings. The van der Waals surface area contributed by atoms with Crippen LogP contribution >= 0.6 is 11.8 Å². The van der Waals surface area contributed by atoms with Gasteiger partial charge in [0.05, 0.1) is 15.8 Å². The summed E-state index contributed by atoms with van der Waals surface area (Å²) in [5.74, 6) is -0.0911. The molecular formula is C14H19N3O3S2. The molecule has 1 aromatic carbocycles. The van der Waals surface area contributed by atoms with Crippen LogP contribution in [0.4, 0.5) is 5.69 Å². The smallest absolute Gasteiger partial charge is 0.243 e. The third kappa shape index (κ3) is 2.88. The van der Waals surface area contributed by atoms with E-state index in [9.17, 15) is 13.2 Å². The molecule has 1 fully saturated rings. The minimum atomic E-state index is -3.50. The maximum atomic E-state index is 12.7. The van der Waals surface area contributed by atoms with Crippen molar-refractivity contribution in [1.29, 1.82) is 0 Å². The molecule has 2 aliphatic heterocycles. The molecule has 0 saturated carbocycles. The average molecular weight is 341 g/mol. The molecule has 22 heavy (non-hydrogen) atoms. The molecule has 2 heterocycles. The molecule has 0 aliphatic carbocycles. The second-order valence-corrected chi connectivity index (χ2v) is 8.94. The zero-order valence-electron chi connectivity index (χ0n) is 12.6. The van der Waals surface area contributed by atoms with Crippen LogP contribution in [0.15, 0.2) is 28.0 Å². The van der Waals surface area contributed by atoms with Gasteiger partial charge in [0.15, 0.2) is 0 Å². The van der Waals surface area contributed by atoms with Gasteiger partial charge in [0.1, 0.15) is 0 Å². The number of carbonyl (C=O) groups is 1. The summed E-state index contributed by atoms with van der Waals surface area (Å²) in [5.41, 5.74) is 0.586. The Morgan fingerprint density at radius 3 is 2.59 bits per heavy atom. The highest BCUT2D eigenvalue weighted by molar-refractivity contribution is 8.01. The molecule has 1 saturated heterocycles. The van der Waals surface area contributed by atoms with Gasteiger partial charge >= 0.3 is 0 Å². The summed E-state index contributed by atoms with van der Waals surface area (Å²) >= 11 is 1.45. The number of likely N-dealkylation sites (N-methyl/N-ethyl adjacent to an activating group) is 1. The fraction of sp³-hybridized carbons (Fsp3) is 0.500. The highest BCUT2D eigenvalue weighted by atomic mass is 32.2. The van der Waals surface area contributed by atoms with Gasteiger partial charge in [-0.05, 0) is 32.2 Å². The Labute approximate surface area is 134 Å². The number of carbonyl (C=O) groups excluding carboxylic acids is 1. The monoisotopic (exact) mass is 341 g/mol. The van der Waals surface area contributed by atoms with E-state index in [1.165, 1.54) is 16.1 Å². The first kappa shape index (κ1) is 15.8. The highest BCUT2D eigenvalue weighted by Gasteiger charge is 2.30. The lowest BCUT2D eigenvalue weighted by atomic mass is 10.3. The number of anilines is 1. The summed E-state index contributed by atoms with van der Waals surface area (Å²) in [6.45, 7) is 4.28. The third-order valence-electron chi connectivity index (χ3n) is 3.98. The summed E-state index contributed by atoms with van der Waals surface area (Å²) in [4.78, 5) is 15.0. The lowest BCUT2D eigenvalue weighted by Gasteiger charge is -2.31. The maximum Gasteiger partial charge on any atom is 0.243 e. The van der Waals surface area contributed by atoms with Crippen LogP contribution in [0.25, 0.3) is 0 Å². The minimum Gasteiger partial charge on any atom is -0.324 e. The molecule has 1 aromatic rings. The van der Waals surface area contributed by atoms with Crippen LogP contribution in [0.5, 0.6) is 0 Å². The summed E-state index contributed by atoms with van der Waals surface area (Å²) in [5, 5.41) is 2.62. The van der Waals surface area contributed by atoms with Crippen molar-refractivity contribution in [2.75, 3.05) is 38.5 Å². The zero-order valence-corrected chi connectivity index (χ0v) is 14.2. The van der Waals surface area contributed by atoms with Crippen molar-refractivity contribution in [2.45, 2.75) is 22.0 Å². The van der Waals surface area contributed by atoms with Gasteiger partial charge in [-0.3, -0.25) is 4.79 Å². The molecule has 8 heteroatoms. The number of nitrogens with one attached hydrogen (secondary N) is 1. The number of nitrogens with zero attached hydrogens (tertiary/aromatic N) is 2. The molecule has 0 aromatic heterocycles. The van der Waals surface area contributed by atoms with Crippen LogP contribution in [0.3, 0.4) is 0 Å². The number of benzene rings is 1. The number of hydrogen-bond donors (Lipinski definition) is 1. The number of thioether (sulfide) groups is 1. The lowest BCUT2D eigenvalue weighted by molar-refractivity contribution is -0.115. The summed E-state index contributed by atoms with van der Waals surface area (Å²) in [6, 6.07) is 4.97. The normalized spacial score (nSPS) is 23.9. The number of sulfonamides is 1. The standard InChI is InChI=1S/C14H19N3O3S2/c1-10-14(18)15-12-9-11(3-4-13(12)21-10)22(19,20)17-7-5-16(2)6-8-17/h3-4,9-10H,5-8H2,1-2H3,(H,15,18)/t10-/m0/s1. The van der Waals surface area contributed by atoms with Crippen molar-refractivity contribution in [3.05, 3.63) is 18.2 Å². The van der Waals surface area contributed by atoms with Crippen molar-refractivity contribution in [3.63, 3.8) is 0 Å². The van der Waals surface area contributed by atoms with Crippen LogP contribution < -0.4 is 5.32 Å². The second-order valence-electron chi connectivity index (χ2n) is 5.61. The molecule has 120 valence electrons. The van der Waals surface area contributed by atoms with E-state index in [0.717, 1.165) is 18.0 Å². The van der Waals surface area contributed by atoms with Gasteiger partial charge in [-0.1, -0.05) is 0 Å². The summed E-state index contributed by atoms with van der Waals surface area (Å²) in [7, 11) is -1.52. The van der Waals surface area contributed by atoms with E-state index in [1.807, 2.05) is 14.0 Å². The van der Waals surface area contributed by atoms with E-state index < -0.39 is 10.0 Å². The Hall–Kier alpha value is -1.09. The van der Waals surface area contributed by atoms with E-state index in [0.29, 0.717) is 18.8 Å². The summed E-state index contributed by atoms with van der Waals surface area (Å²) in [6.07, 6.45) is 0. The van der Waals surface area contributed by atoms with Gasteiger partial charge in [-0.25, -0.2) is 8.42 Å². The zero-order chi connectivity index (χ0) is 15.9. The molecular weight excluding hydrogens is 322 g/mol. The van der Waals surface area contributed by atoms with Gasteiger partial charge < -0.3 is 10.2 Å². The first-order chi connectivity index (χ1) is 10.4. The van der Waals surface area contributed by atoms with Crippen molar-refractivity contribution in [2.24, 2.45) is 0 Å². The number of rotatable bonds is 2. The Kier molecular flexibility index (Phi) is 4.19.